The van der Waals surface area contributed by atoms with E-state index in [0.717, 1.165) is 5.56 Å². The number of hydrogen-bond acceptors (Lipinski definition) is 2. The van der Waals surface area contributed by atoms with Crippen molar-refractivity contribution in [2.24, 2.45) is 0 Å². The molecule has 3 nitrogen and oxygen atoms in total. The minimum Gasteiger partial charge on any atom is -0.382 e. The highest BCUT2D eigenvalue weighted by molar-refractivity contribution is 9.10. The Balaban J connectivity index is 2.58. The van der Waals surface area contributed by atoms with Crippen molar-refractivity contribution >= 4 is 21.7 Å². The molecule has 0 atom stereocenters. The first-order chi connectivity index (χ1) is 7.08. The van der Waals surface area contributed by atoms with Crippen LogP contribution in [0.4, 0.5) is 10.2 Å². The summed E-state index contributed by atoms with van der Waals surface area (Å²) in [4.78, 5) is 0. The summed E-state index contributed by atoms with van der Waals surface area (Å²) in [5, 5.41) is 4.03. The number of nitrogens with zero attached hydrogens (tertiary/aromatic N) is 2. The smallest absolute Gasteiger partial charge is 0.145 e. The van der Waals surface area contributed by atoms with Gasteiger partial charge >= 0.3 is 0 Å². The van der Waals surface area contributed by atoms with Gasteiger partial charge in [-0.2, -0.15) is 5.10 Å². The number of aryl methyl sites for hydroxylation is 1. The zero-order valence-corrected chi connectivity index (χ0v) is 9.62. The van der Waals surface area contributed by atoms with E-state index in [4.69, 9.17) is 5.73 Å². The number of nitrogen functional groups attached to an aromatic ring is 1. The van der Waals surface area contributed by atoms with Crippen LogP contribution in [0.15, 0.2) is 28.9 Å². The fraction of sp³-hybridized carbons (Fsp3) is 0.100. The topological polar surface area (TPSA) is 43.8 Å². The maximum Gasteiger partial charge on any atom is 0.145 e. The molecule has 2 N–H and O–H groups in total. The molecule has 15 heavy (non-hydrogen) atoms. The summed E-state index contributed by atoms with van der Waals surface area (Å²) in [5.41, 5.74) is 7.11. The molecule has 0 amide bonds. The van der Waals surface area contributed by atoms with Crippen molar-refractivity contribution in [3.63, 3.8) is 0 Å². The van der Waals surface area contributed by atoms with Gasteiger partial charge in [0.1, 0.15) is 11.6 Å². The zero-order chi connectivity index (χ0) is 11.0. The van der Waals surface area contributed by atoms with Crippen LogP contribution in [0.5, 0.6) is 0 Å². The summed E-state index contributed by atoms with van der Waals surface area (Å²) < 4.78 is 15.3. The van der Waals surface area contributed by atoms with Gasteiger partial charge in [0.25, 0.3) is 0 Å². The zero-order valence-electron chi connectivity index (χ0n) is 8.04. The van der Waals surface area contributed by atoms with Gasteiger partial charge in [0.05, 0.1) is 10.2 Å². The van der Waals surface area contributed by atoms with Crippen molar-refractivity contribution in [2.75, 3.05) is 5.73 Å². The number of anilines is 1. The van der Waals surface area contributed by atoms with Gasteiger partial charge in [-0.25, -0.2) is 9.07 Å². The second kappa shape index (κ2) is 3.66. The standard InChI is InChI=1S/C10H9BrFN3/c1-6-4-7(11)8(12)5-9(6)15-3-2-10(13)14-15/h2-5H,1H3,(H2,13,14). The Labute approximate surface area is 94.8 Å². The third kappa shape index (κ3) is 1.87. The van der Waals surface area contributed by atoms with Crippen LogP contribution in [-0.2, 0) is 0 Å². The molecule has 2 aromatic rings. The molecular weight excluding hydrogens is 261 g/mol. The predicted octanol–water partition coefficient (Wildman–Crippen LogP) is 2.66. The summed E-state index contributed by atoms with van der Waals surface area (Å²) in [6, 6.07) is 4.80. The number of nitrogens with two attached hydrogens (primary N) is 1. The SMILES string of the molecule is Cc1cc(Br)c(F)cc1-n1ccc(N)n1. The normalized spacial score (nSPS) is 10.6. The lowest BCUT2D eigenvalue weighted by Gasteiger charge is -2.06. The van der Waals surface area contributed by atoms with Gasteiger partial charge < -0.3 is 5.73 Å². The molecule has 0 bridgehead atoms. The van der Waals surface area contributed by atoms with Crippen molar-refractivity contribution in [1.82, 2.24) is 9.78 Å². The number of hydrogen-bond donors (Lipinski definition) is 1. The van der Waals surface area contributed by atoms with Crippen molar-refractivity contribution in [2.45, 2.75) is 6.92 Å². The molecule has 1 aromatic heterocycles. The Kier molecular flexibility index (Phi) is 2.48. The van der Waals surface area contributed by atoms with Crippen LogP contribution in [0.25, 0.3) is 5.69 Å². The minimum atomic E-state index is -0.315. The van der Waals surface area contributed by atoms with E-state index in [1.807, 2.05) is 6.92 Å². The van der Waals surface area contributed by atoms with E-state index in [1.165, 1.54) is 6.07 Å². The molecule has 78 valence electrons. The number of benzene rings is 1. The van der Waals surface area contributed by atoms with Gasteiger partial charge in [-0.15, -0.1) is 0 Å². The van der Waals surface area contributed by atoms with Crippen LogP contribution in [-0.4, -0.2) is 9.78 Å². The monoisotopic (exact) mass is 269 g/mol. The second-order valence-corrected chi connectivity index (χ2v) is 4.09. The van der Waals surface area contributed by atoms with Crippen LogP contribution in [0, 0.1) is 12.7 Å². The number of rotatable bonds is 1. The predicted molar refractivity (Wildman–Crippen MR) is 60.4 cm³/mol. The first-order valence-electron chi connectivity index (χ1n) is 4.35. The molecule has 0 spiro atoms. The fourth-order valence-electron chi connectivity index (χ4n) is 1.35. The summed E-state index contributed by atoms with van der Waals surface area (Å²) in [6.07, 6.45) is 1.70. The van der Waals surface area contributed by atoms with Crippen molar-refractivity contribution in [3.05, 3.63) is 40.2 Å². The van der Waals surface area contributed by atoms with Crippen LogP contribution in [0.3, 0.4) is 0 Å². The average molecular weight is 270 g/mol. The largest absolute Gasteiger partial charge is 0.382 e. The summed E-state index contributed by atoms with van der Waals surface area (Å²) in [6.45, 7) is 1.89. The maximum absolute atomic E-state index is 13.3. The van der Waals surface area contributed by atoms with Gasteiger partial charge in [-0.05, 0) is 34.5 Å². The maximum atomic E-state index is 13.3. The second-order valence-electron chi connectivity index (χ2n) is 3.24. The number of aromatic nitrogens is 2. The van der Waals surface area contributed by atoms with Crippen LogP contribution >= 0.6 is 15.9 Å². The van der Waals surface area contributed by atoms with Crippen LogP contribution in [0.1, 0.15) is 5.56 Å². The van der Waals surface area contributed by atoms with E-state index in [9.17, 15) is 4.39 Å². The summed E-state index contributed by atoms with van der Waals surface area (Å²) >= 11 is 3.13. The molecule has 0 saturated heterocycles. The molecule has 1 aromatic carbocycles. The van der Waals surface area contributed by atoms with E-state index >= 15 is 0 Å². The molecule has 0 aliphatic heterocycles. The average Bonchev–Trinajstić information content (AvgIpc) is 2.58. The molecule has 0 fully saturated rings. The highest BCUT2D eigenvalue weighted by Crippen LogP contribution is 2.22. The van der Waals surface area contributed by atoms with E-state index in [1.54, 1.807) is 23.0 Å². The molecule has 0 saturated carbocycles. The lowest BCUT2D eigenvalue weighted by Crippen LogP contribution is -2.00. The highest BCUT2D eigenvalue weighted by atomic mass is 79.9. The van der Waals surface area contributed by atoms with Gasteiger partial charge in [-0.3, -0.25) is 0 Å². The number of halogens is 2. The molecular formula is C10H9BrFN3. The van der Waals surface area contributed by atoms with E-state index < -0.39 is 0 Å². The Bertz CT molecular complexity index is 507. The quantitative estimate of drug-likeness (QED) is 0.865. The third-order valence-electron chi connectivity index (χ3n) is 2.10. The lowest BCUT2D eigenvalue weighted by atomic mass is 10.2. The molecule has 0 radical (unpaired) electrons. The third-order valence-corrected chi connectivity index (χ3v) is 2.70. The Morgan fingerprint density at radius 3 is 2.80 bits per heavy atom. The molecule has 0 unspecified atom stereocenters. The molecule has 2 rings (SSSR count). The Hall–Kier alpha value is -1.36. The highest BCUT2D eigenvalue weighted by Gasteiger charge is 2.07. The van der Waals surface area contributed by atoms with Crippen molar-refractivity contribution in [3.8, 4) is 5.69 Å². The minimum absolute atomic E-state index is 0.315. The van der Waals surface area contributed by atoms with Crippen LogP contribution in [0.2, 0.25) is 0 Å². The van der Waals surface area contributed by atoms with Crippen LogP contribution < -0.4 is 5.73 Å². The fourth-order valence-corrected chi connectivity index (χ4v) is 1.81. The summed E-state index contributed by atoms with van der Waals surface area (Å²) in [5.74, 6) is 0.0994. The molecule has 1 heterocycles. The molecule has 0 aliphatic rings. The van der Waals surface area contributed by atoms with E-state index in [2.05, 4.69) is 21.0 Å². The lowest BCUT2D eigenvalue weighted by molar-refractivity contribution is 0.618. The van der Waals surface area contributed by atoms with Crippen molar-refractivity contribution in [1.29, 1.82) is 0 Å². The van der Waals surface area contributed by atoms with Gasteiger partial charge in [0, 0.05) is 18.3 Å². The van der Waals surface area contributed by atoms with Gasteiger partial charge in [0.15, 0.2) is 0 Å². The Morgan fingerprint density at radius 1 is 1.47 bits per heavy atom. The molecule has 0 aliphatic carbocycles. The van der Waals surface area contributed by atoms with Crippen molar-refractivity contribution < 1.29 is 4.39 Å². The summed E-state index contributed by atoms with van der Waals surface area (Å²) in [7, 11) is 0. The van der Waals surface area contributed by atoms with Gasteiger partial charge in [-0.1, -0.05) is 0 Å². The first kappa shape index (κ1) is 10.2. The first-order valence-corrected chi connectivity index (χ1v) is 5.14. The van der Waals surface area contributed by atoms with E-state index in [-0.39, 0.29) is 5.82 Å². The Morgan fingerprint density at radius 2 is 2.20 bits per heavy atom. The van der Waals surface area contributed by atoms with Gasteiger partial charge in [0.2, 0.25) is 0 Å². The van der Waals surface area contributed by atoms with E-state index in [0.29, 0.717) is 16.0 Å². The molecule has 5 heteroatoms.